The third kappa shape index (κ3) is 3.32. The van der Waals surface area contributed by atoms with Crippen LogP contribution < -0.4 is 10.6 Å². The van der Waals surface area contributed by atoms with Gasteiger partial charge in [0.2, 0.25) is 5.91 Å². The van der Waals surface area contributed by atoms with Crippen LogP contribution in [0.1, 0.15) is 31.9 Å². The summed E-state index contributed by atoms with van der Waals surface area (Å²) in [6.45, 7) is 7.70. The molecular weight excluding hydrogens is 228 g/mol. The van der Waals surface area contributed by atoms with Crippen molar-refractivity contribution in [2.75, 3.05) is 19.6 Å². The summed E-state index contributed by atoms with van der Waals surface area (Å²) < 4.78 is 2.10. The Labute approximate surface area is 108 Å². The second kappa shape index (κ2) is 6.00. The molecule has 0 unspecified atom stereocenters. The maximum Gasteiger partial charge on any atom is 0.221 e. The number of nitrogens with one attached hydrogen (secondary N) is 2. The summed E-state index contributed by atoms with van der Waals surface area (Å²) in [7, 11) is 0. The molecule has 1 aliphatic heterocycles. The zero-order valence-electron chi connectivity index (χ0n) is 11.1. The molecule has 1 saturated heterocycles. The maximum absolute atomic E-state index is 11.7. The molecule has 1 aromatic heterocycles. The fraction of sp³-hybridized carbons (Fsp3) is 0.692. The first-order valence-electron chi connectivity index (χ1n) is 6.64. The molecule has 2 heterocycles. The van der Waals surface area contributed by atoms with E-state index in [1.807, 2.05) is 12.5 Å². The third-order valence-electron chi connectivity index (χ3n) is 3.23. The third-order valence-corrected chi connectivity index (χ3v) is 3.23. The molecule has 100 valence electrons. The van der Waals surface area contributed by atoms with Crippen molar-refractivity contribution in [3.63, 3.8) is 0 Å². The fourth-order valence-corrected chi connectivity index (χ4v) is 1.98. The molecule has 5 nitrogen and oxygen atoms in total. The van der Waals surface area contributed by atoms with Crippen LogP contribution in [0.15, 0.2) is 12.5 Å². The van der Waals surface area contributed by atoms with E-state index >= 15 is 0 Å². The van der Waals surface area contributed by atoms with Crippen molar-refractivity contribution in [1.29, 1.82) is 0 Å². The van der Waals surface area contributed by atoms with Gasteiger partial charge in [-0.25, -0.2) is 4.98 Å². The summed E-state index contributed by atoms with van der Waals surface area (Å²) in [5.74, 6) is 1.18. The van der Waals surface area contributed by atoms with Crippen molar-refractivity contribution in [3.05, 3.63) is 18.2 Å². The first-order valence-corrected chi connectivity index (χ1v) is 6.64. The van der Waals surface area contributed by atoms with E-state index in [0.29, 0.717) is 18.3 Å². The molecular formula is C13H22N4O. The Bertz CT molecular complexity index is 395. The highest BCUT2D eigenvalue weighted by Crippen LogP contribution is 2.19. The standard InChI is InChI=1S/C13H22N4O/c1-10(2)5-16-13(18)3-4-17-9-15-8-12(17)11-6-14-7-11/h8-11,14H,3-7H2,1-2H3,(H,16,18). The van der Waals surface area contributed by atoms with Crippen LogP contribution in [0, 0.1) is 5.92 Å². The van der Waals surface area contributed by atoms with E-state index in [4.69, 9.17) is 0 Å². The van der Waals surface area contributed by atoms with E-state index in [1.165, 1.54) is 5.69 Å². The largest absolute Gasteiger partial charge is 0.356 e. The topological polar surface area (TPSA) is 59.0 Å². The van der Waals surface area contributed by atoms with Gasteiger partial charge >= 0.3 is 0 Å². The second-order valence-electron chi connectivity index (χ2n) is 5.31. The average Bonchev–Trinajstić information content (AvgIpc) is 2.69. The molecule has 0 bridgehead atoms. The Morgan fingerprint density at radius 2 is 2.39 bits per heavy atom. The van der Waals surface area contributed by atoms with Gasteiger partial charge in [-0.05, 0) is 5.92 Å². The minimum atomic E-state index is 0.120. The van der Waals surface area contributed by atoms with Gasteiger partial charge in [0.15, 0.2) is 0 Å². The van der Waals surface area contributed by atoms with E-state index in [1.54, 1.807) is 0 Å². The normalized spacial score (nSPS) is 15.7. The number of carbonyl (C=O) groups is 1. The number of aryl methyl sites for hydroxylation is 1. The second-order valence-corrected chi connectivity index (χ2v) is 5.31. The fourth-order valence-electron chi connectivity index (χ4n) is 1.98. The monoisotopic (exact) mass is 250 g/mol. The van der Waals surface area contributed by atoms with Crippen LogP contribution in [-0.2, 0) is 11.3 Å². The maximum atomic E-state index is 11.7. The number of rotatable bonds is 6. The first kappa shape index (κ1) is 13.1. The van der Waals surface area contributed by atoms with Crippen LogP contribution >= 0.6 is 0 Å². The van der Waals surface area contributed by atoms with Gasteiger partial charge in [0.1, 0.15) is 0 Å². The van der Waals surface area contributed by atoms with Crippen LogP contribution in [0.25, 0.3) is 0 Å². The quantitative estimate of drug-likeness (QED) is 0.782. The highest BCUT2D eigenvalue weighted by Gasteiger charge is 2.22. The average molecular weight is 250 g/mol. The molecule has 0 aromatic carbocycles. The van der Waals surface area contributed by atoms with Crippen LogP contribution in [0.5, 0.6) is 0 Å². The van der Waals surface area contributed by atoms with E-state index in [-0.39, 0.29) is 5.91 Å². The molecule has 1 aromatic rings. The van der Waals surface area contributed by atoms with Crippen molar-refractivity contribution in [2.24, 2.45) is 5.92 Å². The smallest absolute Gasteiger partial charge is 0.221 e. The van der Waals surface area contributed by atoms with Gasteiger partial charge < -0.3 is 15.2 Å². The summed E-state index contributed by atoms with van der Waals surface area (Å²) in [5.41, 5.74) is 1.24. The SMILES string of the molecule is CC(C)CNC(=O)CCn1cncc1C1CNC1. The van der Waals surface area contributed by atoms with Crippen LogP contribution in [0.2, 0.25) is 0 Å². The van der Waals surface area contributed by atoms with Crippen LogP contribution in [0.3, 0.4) is 0 Å². The Morgan fingerprint density at radius 3 is 3.00 bits per heavy atom. The Kier molecular flexibility index (Phi) is 4.36. The lowest BCUT2D eigenvalue weighted by Gasteiger charge is -2.27. The predicted molar refractivity (Wildman–Crippen MR) is 70.3 cm³/mol. The number of carbonyl (C=O) groups excluding carboxylic acids is 1. The van der Waals surface area contributed by atoms with Gasteiger partial charge in [-0.15, -0.1) is 0 Å². The van der Waals surface area contributed by atoms with Gasteiger partial charge in [-0.1, -0.05) is 13.8 Å². The van der Waals surface area contributed by atoms with Crippen molar-refractivity contribution in [1.82, 2.24) is 20.2 Å². The number of imidazole rings is 1. The summed E-state index contributed by atoms with van der Waals surface area (Å²) in [5, 5.41) is 6.19. The Hall–Kier alpha value is -1.36. The molecule has 18 heavy (non-hydrogen) atoms. The van der Waals surface area contributed by atoms with Gasteiger partial charge in [-0.2, -0.15) is 0 Å². The molecule has 1 fully saturated rings. The van der Waals surface area contributed by atoms with Crippen molar-refractivity contribution < 1.29 is 4.79 Å². The predicted octanol–water partition coefficient (Wildman–Crippen LogP) is 0.732. The minimum Gasteiger partial charge on any atom is -0.356 e. The van der Waals surface area contributed by atoms with Gasteiger partial charge in [0, 0.05) is 50.4 Å². The molecule has 1 aliphatic rings. The van der Waals surface area contributed by atoms with Crippen LogP contribution in [0.4, 0.5) is 0 Å². The molecule has 0 spiro atoms. The number of aromatic nitrogens is 2. The van der Waals surface area contributed by atoms with Gasteiger partial charge in [-0.3, -0.25) is 4.79 Å². The van der Waals surface area contributed by atoms with Gasteiger partial charge in [0.05, 0.1) is 6.33 Å². The molecule has 2 rings (SSSR count). The molecule has 0 atom stereocenters. The zero-order chi connectivity index (χ0) is 13.0. The lowest BCUT2D eigenvalue weighted by atomic mass is 10.00. The van der Waals surface area contributed by atoms with E-state index in [0.717, 1.165) is 26.2 Å². The first-order chi connectivity index (χ1) is 8.66. The van der Waals surface area contributed by atoms with E-state index in [2.05, 4.69) is 34.0 Å². The molecule has 1 amide bonds. The number of hydrogen-bond donors (Lipinski definition) is 2. The molecule has 0 radical (unpaired) electrons. The highest BCUT2D eigenvalue weighted by atomic mass is 16.1. The number of amides is 1. The molecule has 2 N–H and O–H groups in total. The summed E-state index contributed by atoms with van der Waals surface area (Å²) in [4.78, 5) is 15.8. The zero-order valence-corrected chi connectivity index (χ0v) is 11.1. The van der Waals surface area contributed by atoms with Crippen molar-refractivity contribution in [3.8, 4) is 0 Å². The minimum absolute atomic E-state index is 0.120. The van der Waals surface area contributed by atoms with Crippen molar-refractivity contribution in [2.45, 2.75) is 32.7 Å². The molecule has 5 heteroatoms. The Balaban J connectivity index is 1.79. The summed E-state index contributed by atoms with van der Waals surface area (Å²) in [6.07, 6.45) is 4.26. The van der Waals surface area contributed by atoms with E-state index in [9.17, 15) is 4.79 Å². The lowest BCUT2D eigenvalue weighted by molar-refractivity contribution is -0.121. The number of hydrogen-bond acceptors (Lipinski definition) is 3. The number of nitrogens with zero attached hydrogens (tertiary/aromatic N) is 2. The van der Waals surface area contributed by atoms with Crippen molar-refractivity contribution >= 4 is 5.91 Å². The Morgan fingerprint density at radius 1 is 1.61 bits per heavy atom. The summed E-state index contributed by atoms with van der Waals surface area (Å²) >= 11 is 0. The van der Waals surface area contributed by atoms with Gasteiger partial charge in [0.25, 0.3) is 0 Å². The molecule has 0 aliphatic carbocycles. The highest BCUT2D eigenvalue weighted by molar-refractivity contribution is 5.75. The van der Waals surface area contributed by atoms with E-state index < -0.39 is 0 Å². The van der Waals surface area contributed by atoms with Crippen LogP contribution in [-0.4, -0.2) is 35.1 Å². The summed E-state index contributed by atoms with van der Waals surface area (Å²) in [6, 6.07) is 0. The molecule has 0 saturated carbocycles. The lowest BCUT2D eigenvalue weighted by Crippen LogP contribution is -2.41.